The summed E-state index contributed by atoms with van der Waals surface area (Å²) >= 11 is 6.43. The second-order valence-corrected chi connectivity index (χ2v) is 8.45. The quantitative estimate of drug-likeness (QED) is 0.617. The first-order chi connectivity index (χ1) is 11.0. The number of para-hydroxylation sites is 1. The Hall–Kier alpha value is -1.21. The molecule has 2 heteroatoms. The summed E-state index contributed by atoms with van der Waals surface area (Å²) < 4.78 is 0. The maximum Gasteiger partial charge on any atom is 0.0533 e. The van der Waals surface area contributed by atoms with Crippen molar-refractivity contribution in [2.75, 3.05) is 4.90 Å². The molecule has 0 amide bonds. The molecule has 2 aliphatic carbocycles. The Bertz CT molecular complexity index is 704. The summed E-state index contributed by atoms with van der Waals surface area (Å²) in [5.41, 5.74) is 4.79. The number of nitrogens with zero attached hydrogens (tertiary/aromatic N) is 1. The third-order valence-electron chi connectivity index (χ3n) is 6.67. The van der Waals surface area contributed by atoms with E-state index in [1.165, 1.54) is 36.9 Å². The van der Waals surface area contributed by atoms with Gasteiger partial charge in [-0.05, 0) is 56.9 Å². The van der Waals surface area contributed by atoms with Crippen LogP contribution < -0.4 is 4.90 Å². The summed E-state index contributed by atoms with van der Waals surface area (Å²) in [4.78, 5) is 2.71. The molecule has 1 fully saturated rings. The molecule has 0 radical (unpaired) electrons. The molecule has 1 saturated carbocycles. The zero-order valence-electron chi connectivity index (χ0n) is 14.4. The molecule has 1 heterocycles. The van der Waals surface area contributed by atoms with Crippen LogP contribution >= 0.6 is 11.6 Å². The highest BCUT2D eigenvalue weighted by Gasteiger charge is 2.58. The molecule has 1 aromatic carbocycles. The Labute approximate surface area is 145 Å². The van der Waals surface area contributed by atoms with Crippen molar-refractivity contribution >= 4 is 17.3 Å². The predicted octanol–water partition coefficient (Wildman–Crippen LogP) is 5.94. The topological polar surface area (TPSA) is 3.24 Å². The third kappa shape index (κ3) is 2.05. The molecule has 4 rings (SSSR count). The van der Waals surface area contributed by atoms with Gasteiger partial charge in [0.15, 0.2) is 0 Å². The van der Waals surface area contributed by atoms with Gasteiger partial charge in [-0.1, -0.05) is 55.1 Å². The molecular formula is C21H26ClN. The van der Waals surface area contributed by atoms with Gasteiger partial charge in [0.1, 0.15) is 0 Å². The Morgan fingerprint density at radius 1 is 1.13 bits per heavy atom. The first-order valence-electron chi connectivity index (χ1n) is 8.89. The van der Waals surface area contributed by atoms with Crippen LogP contribution in [0, 0.1) is 0 Å². The van der Waals surface area contributed by atoms with Crippen molar-refractivity contribution in [3.05, 3.63) is 52.6 Å². The average molecular weight is 328 g/mol. The van der Waals surface area contributed by atoms with E-state index in [0.717, 1.165) is 11.5 Å². The van der Waals surface area contributed by atoms with Crippen LogP contribution in [-0.4, -0.2) is 11.6 Å². The number of hydrogen-bond acceptors (Lipinski definition) is 1. The molecule has 3 atom stereocenters. The van der Waals surface area contributed by atoms with E-state index in [4.69, 9.17) is 11.6 Å². The molecule has 1 aromatic rings. The van der Waals surface area contributed by atoms with Crippen LogP contribution in [0.3, 0.4) is 0 Å². The molecule has 3 unspecified atom stereocenters. The number of rotatable bonds is 1. The smallest absolute Gasteiger partial charge is 0.0533 e. The highest BCUT2D eigenvalue weighted by molar-refractivity contribution is 6.31. The van der Waals surface area contributed by atoms with Crippen molar-refractivity contribution in [2.24, 2.45) is 0 Å². The molecule has 122 valence electrons. The number of anilines is 1. The summed E-state index contributed by atoms with van der Waals surface area (Å²) in [5, 5.41) is 0.893. The summed E-state index contributed by atoms with van der Waals surface area (Å²) in [5.74, 6) is 0. The minimum absolute atomic E-state index is 0.185. The van der Waals surface area contributed by atoms with Crippen LogP contribution in [0.5, 0.6) is 0 Å². The van der Waals surface area contributed by atoms with Gasteiger partial charge in [0.05, 0.1) is 6.04 Å². The second kappa shape index (κ2) is 5.14. The van der Waals surface area contributed by atoms with Crippen molar-refractivity contribution in [2.45, 2.75) is 69.9 Å². The maximum atomic E-state index is 6.43. The molecule has 23 heavy (non-hydrogen) atoms. The monoisotopic (exact) mass is 327 g/mol. The molecular weight excluding hydrogens is 302 g/mol. The molecule has 3 aliphatic rings. The highest BCUT2D eigenvalue weighted by atomic mass is 35.5. The van der Waals surface area contributed by atoms with Crippen molar-refractivity contribution < 1.29 is 0 Å². The van der Waals surface area contributed by atoms with Gasteiger partial charge in [-0.3, -0.25) is 0 Å². The molecule has 0 bridgehead atoms. The predicted molar refractivity (Wildman–Crippen MR) is 99.2 cm³/mol. The Morgan fingerprint density at radius 3 is 2.65 bits per heavy atom. The SMILES string of the molecule is CC1=CC(Cl)=CC(N2c3ccccc3C3(C)CCCCC23C)C1. The Morgan fingerprint density at radius 2 is 1.87 bits per heavy atom. The summed E-state index contributed by atoms with van der Waals surface area (Å²) in [6, 6.07) is 9.44. The molecule has 1 nitrogen and oxygen atoms in total. The molecule has 0 N–H and O–H groups in total. The summed E-state index contributed by atoms with van der Waals surface area (Å²) in [7, 11) is 0. The number of fused-ring (bicyclic) bond motifs is 3. The van der Waals surface area contributed by atoms with Gasteiger partial charge in [0, 0.05) is 21.7 Å². The largest absolute Gasteiger partial charge is 0.358 e. The van der Waals surface area contributed by atoms with Gasteiger partial charge in [0.25, 0.3) is 0 Å². The van der Waals surface area contributed by atoms with Crippen LogP contribution in [0.25, 0.3) is 0 Å². The standard InChI is InChI=1S/C21H26ClN/c1-15-12-16(22)14-17(13-15)23-19-9-5-4-8-18(19)20(2)10-6-7-11-21(20,23)3/h4-5,8-9,12,14,17H,6-7,10-11,13H2,1-3H3. The Balaban J connectivity index is 1.87. The minimum Gasteiger partial charge on any atom is -0.358 e. The maximum absolute atomic E-state index is 6.43. The van der Waals surface area contributed by atoms with Gasteiger partial charge in [-0.15, -0.1) is 0 Å². The highest BCUT2D eigenvalue weighted by Crippen LogP contribution is 2.59. The van der Waals surface area contributed by atoms with Crippen LogP contribution in [0.1, 0.15) is 58.4 Å². The Kier molecular flexibility index (Phi) is 3.43. The zero-order chi connectivity index (χ0) is 16.2. The van der Waals surface area contributed by atoms with E-state index in [1.807, 2.05) is 0 Å². The molecule has 0 saturated heterocycles. The lowest BCUT2D eigenvalue weighted by molar-refractivity contribution is 0.178. The van der Waals surface area contributed by atoms with Gasteiger partial charge in [-0.25, -0.2) is 0 Å². The van der Waals surface area contributed by atoms with Crippen molar-refractivity contribution in [3.8, 4) is 0 Å². The zero-order valence-corrected chi connectivity index (χ0v) is 15.2. The lowest BCUT2D eigenvalue weighted by atomic mass is 9.61. The van der Waals surface area contributed by atoms with Crippen molar-refractivity contribution in [1.82, 2.24) is 0 Å². The van der Waals surface area contributed by atoms with E-state index in [2.05, 4.69) is 62.1 Å². The summed E-state index contributed by atoms with van der Waals surface area (Å²) in [6.45, 7) is 7.18. The van der Waals surface area contributed by atoms with Crippen LogP contribution in [0.15, 0.2) is 47.0 Å². The first-order valence-corrected chi connectivity index (χ1v) is 9.27. The van der Waals surface area contributed by atoms with Gasteiger partial charge >= 0.3 is 0 Å². The fourth-order valence-electron chi connectivity index (χ4n) is 5.35. The number of allylic oxidation sites excluding steroid dienone is 2. The average Bonchev–Trinajstić information content (AvgIpc) is 2.71. The number of halogens is 1. The molecule has 1 aliphatic heterocycles. The van der Waals surface area contributed by atoms with E-state index in [0.29, 0.717) is 6.04 Å². The van der Waals surface area contributed by atoms with E-state index < -0.39 is 0 Å². The van der Waals surface area contributed by atoms with E-state index in [-0.39, 0.29) is 11.0 Å². The number of hydrogen-bond donors (Lipinski definition) is 0. The summed E-state index contributed by atoms with van der Waals surface area (Å²) in [6.07, 6.45) is 10.7. The van der Waals surface area contributed by atoms with Crippen molar-refractivity contribution in [1.29, 1.82) is 0 Å². The van der Waals surface area contributed by atoms with Crippen LogP contribution in [0.2, 0.25) is 0 Å². The normalized spacial score (nSPS) is 36.2. The van der Waals surface area contributed by atoms with E-state index >= 15 is 0 Å². The lowest BCUT2D eigenvalue weighted by Crippen LogP contribution is -2.59. The lowest BCUT2D eigenvalue weighted by Gasteiger charge is -2.52. The minimum atomic E-state index is 0.185. The van der Waals surface area contributed by atoms with Crippen molar-refractivity contribution in [3.63, 3.8) is 0 Å². The van der Waals surface area contributed by atoms with Gasteiger partial charge in [0.2, 0.25) is 0 Å². The van der Waals surface area contributed by atoms with E-state index in [1.54, 1.807) is 5.56 Å². The second-order valence-electron chi connectivity index (χ2n) is 8.01. The fraction of sp³-hybridized carbons (Fsp3) is 0.524. The number of benzene rings is 1. The molecule has 0 aromatic heterocycles. The van der Waals surface area contributed by atoms with Gasteiger partial charge < -0.3 is 4.90 Å². The van der Waals surface area contributed by atoms with Gasteiger partial charge in [-0.2, -0.15) is 0 Å². The third-order valence-corrected chi connectivity index (χ3v) is 6.90. The van der Waals surface area contributed by atoms with Crippen LogP contribution in [-0.2, 0) is 5.41 Å². The fourth-order valence-corrected chi connectivity index (χ4v) is 5.68. The van der Waals surface area contributed by atoms with E-state index in [9.17, 15) is 0 Å². The van der Waals surface area contributed by atoms with Crippen LogP contribution in [0.4, 0.5) is 5.69 Å². The molecule has 0 spiro atoms. The first kappa shape index (κ1) is 15.3.